The van der Waals surface area contributed by atoms with Crippen LogP contribution in [0.15, 0.2) is 42.6 Å². The van der Waals surface area contributed by atoms with E-state index < -0.39 is 28.4 Å². The molecule has 3 rings (SSSR count). The van der Waals surface area contributed by atoms with Gasteiger partial charge in [-0.3, -0.25) is 10.1 Å². The van der Waals surface area contributed by atoms with Crippen molar-refractivity contribution in [3.8, 4) is 11.5 Å². The molecule has 0 radical (unpaired) electrons. The zero-order valence-electron chi connectivity index (χ0n) is 13.9. The lowest BCUT2D eigenvalue weighted by molar-refractivity contribution is -0.388. The summed E-state index contributed by atoms with van der Waals surface area (Å²) < 4.78 is 49.2. The van der Waals surface area contributed by atoms with Gasteiger partial charge < -0.3 is 20.1 Å². The number of carbonyl (C=O) groups excluding carboxylic acids is 1. The first-order valence-corrected chi connectivity index (χ1v) is 7.73. The largest absolute Gasteiger partial charge is 0.454 e. The van der Waals surface area contributed by atoms with Crippen molar-refractivity contribution >= 4 is 23.5 Å². The number of alkyl halides is 3. The van der Waals surface area contributed by atoms with E-state index in [4.69, 9.17) is 9.47 Å². The smallest absolute Gasteiger partial charge is 0.423 e. The Morgan fingerprint density at radius 1 is 1.14 bits per heavy atom. The highest BCUT2D eigenvalue weighted by molar-refractivity contribution is 5.90. The first kappa shape index (κ1) is 19.0. The van der Waals surface area contributed by atoms with Gasteiger partial charge in [0.2, 0.25) is 6.79 Å². The monoisotopic (exact) mass is 395 g/mol. The minimum atomic E-state index is -4.93. The standard InChI is InChI=1S/C17H12F3N3O5/c18-17(19,20)12-8-11(2-3-13(12)23(25)26)22-16(24)21-6-5-10-1-4-14-15(7-10)28-9-27-14/h1-8H,9H2,(H2,21,22,24)/b6-5+. The van der Waals surface area contributed by atoms with Gasteiger partial charge in [-0.2, -0.15) is 13.2 Å². The van der Waals surface area contributed by atoms with Crippen LogP contribution in [-0.4, -0.2) is 17.7 Å². The third kappa shape index (κ3) is 4.31. The molecule has 2 amide bonds. The number of anilines is 1. The van der Waals surface area contributed by atoms with E-state index in [0.29, 0.717) is 29.2 Å². The van der Waals surface area contributed by atoms with E-state index in [1.165, 1.54) is 6.20 Å². The van der Waals surface area contributed by atoms with Gasteiger partial charge in [0.25, 0.3) is 5.69 Å². The maximum atomic E-state index is 12.9. The summed E-state index contributed by atoms with van der Waals surface area (Å²) in [6, 6.07) is 6.46. The minimum Gasteiger partial charge on any atom is -0.454 e. The predicted octanol–water partition coefficient (Wildman–Crippen LogP) is 4.13. The summed E-state index contributed by atoms with van der Waals surface area (Å²) >= 11 is 0. The van der Waals surface area contributed by atoms with E-state index >= 15 is 0 Å². The second-order valence-electron chi connectivity index (χ2n) is 5.53. The van der Waals surface area contributed by atoms with Crippen molar-refractivity contribution in [3.05, 3.63) is 63.8 Å². The molecule has 146 valence electrons. The van der Waals surface area contributed by atoms with Crippen molar-refractivity contribution in [2.45, 2.75) is 6.18 Å². The van der Waals surface area contributed by atoms with Crippen LogP contribution in [-0.2, 0) is 6.18 Å². The molecule has 8 nitrogen and oxygen atoms in total. The molecule has 11 heteroatoms. The number of benzene rings is 2. The summed E-state index contributed by atoms with van der Waals surface area (Å²) in [4.78, 5) is 21.4. The zero-order valence-corrected chi connectivity index (χ0v) is 13.9. The fourth-order valence-corrected chi connectivity index (χ4v) is 2.40. The van der Waals surface area contributed by atoms with Crippen LogP contribution >= 0.6 is 0 Å². The Balaban J connectivity index is 1.65. The molecule has 1 heterocycles. The number of hydrogen-bond donors (Lipinski definition) is 2. The van der Waals surface area contributed by atoms with Crippen LogP contribution in [0.25, 0.3) is 6.08 Å². The van der Waals surface area contributed by atoms with Gasteiger partial charge in [0, 0.05) is 18.0 Å². The Labute approximate surface area is 155 Å². The summed E-state index contributed by atoms with van der Waals surface area (Å²) in [5.41, 5.74) is -2.10. The van der Waals surface area contributed by atoms with E-state index in [9.17, 15) is 28.1 Å². The number of urea groups is 1. The molecule has 1 aliphatic rings. The molecule has 0 fully saturated rings. The highest BCUT2D eigenvalue weighted by Crippen LogP contribution is 2.37. The number of carbonyl (C=O) groups is 1. The topological polar surface area (TPSA) is 103 Å². The number of nitro benzene ring substituents is 1. The third-order valence-corrected chi connectivity index (χ3v) is 3.64. The Hall–Kier alpha value is -3.76. The highest BCUT2D eigenvalue weighted by Gasteiger charge is 2.38. The van der Waals surface area contributed by atoms with Crippen molar-refractivity contribution in [1.82, 2.24) is 5.32 Å². The quantitative estimate of drug-likeness (QED) is 0.598. The van der Waals surface area contributed by atoms with Crippen LogP contribution in [0.4, 0.5) is 29.3 Å². The fraction of sp³-hybridized carbons (Fsp3) is 0.118. The number of amides is 2. The number of halogens is 3. The molecule has 0 aromatic heterocycles. The maximum absolute atomic E-state index is 12.9. The fourth-order valence-electron chi connectivity index (χ4n) is 2.40. The number of ether oxygens (including phenoxy) is 2. The normalized spacial score (nSPS) is 12.8. The number of nitrogens with zero attached hydrogens (tertiary/aromatic N) is 1. The maximum Gasteiger partial charge on any atom is 0.423 e. The van der Waals surface area contributed by atoms with E-state index in [1.54, 1.807) is 24.3 Å². The van der Waals surface area contributed by atoms with Crippen molar-refractivity contribution < 1.29 is 32.4 Å². The average molecular weight is 395 g/mol. The lowest BCUT2D eigenvalue weighted by Gasteiger charge is -2.10. The summed E-state index contributed by atoms with van der Waals surface area (Å²) in [6.07, 6.45) is -2.11. The Kier molecular flexibility index (Phi) is 5.07. The second kappa shape index (κ2) is 7.47. The number of fused-ring (bicyclic) bond motifs is 1. The molecule has 0 atom stereocenters. The summed E-state index contributed by atoms with van der Waals surface area (Å²) in [5.74, 6) is 1.15. The van der Waals surface area contributed by atoms with Crippen molar-refractivity contribution in [2.24, 2.45) is 0 Å². The molecule has 1 aliphatic heterocycles. The van der Waals surface area contributed by atoms with Gasteiger partial charge in [0.15, 0.2) is 11.5 Å². The van der Waals surface area contributed by atoms with Crippen molar-refractivity contribution in [1.29, 1.82) is 0 Å². The Bertz CT molecular complexity index is 960. The Morgan fingerprint density at radius 2 is 1.89 bits per heavy atom. The van der Waals surface area contributed by atoms with Gasteiger partial charge in [-0.25, -0.2) is 4.79 Å². The number of hydrogen-bond acceptors (Lipinski definition) is 5. The molecule has 2 aromatic rings. The molecule has 0 aliphatic carbocycles. The van der Waals surface area contributed by atoms with Crippen molar-refractivity contribution in [3.63, 3.8) is 0 Å². The van der Waals surface area contributed by atoms with Gasteiger partial charge in [-0.1, -0.05) is 6.07 Å². The molecular formula is C17H12F3N3O5. The van der Waals surface area contributed by atoms with Crippen LogP contribution in [0.1, 0.15) is 11.1 Å². The van der Waals surface area contributed by atoms with Crippen LogP contribution in [0.5, 0.6) is 11.5 Å². The lowest BCUT2D eigenvalue weighted by Crippen LogP contribution is -2.24. The molecule has 0 unspecified atom stereocenters. The number of nitrogens with one attached hydrogen (secondary N) is 2. The van der Waals surface area contributed by atoms with Crippen molar-refractivity contribution in [2.75, 3.05) is 12.1 Å². The number of rotatable bonds is 4. The van der Waals surface area contributed by atoms with Gasteiger partial charge >= 0.3 is 12.2 Å². The first-order chi connectivity index (χ1) is 13.2. The SMILES string of the molecule is O=C(N/C=C/c1ccc2c(c1)OCO2)Nc1ccc([N+](=O)[O-])c(C(F)(F)F)c1. The van der Waals surface area contributed by atoms with Crippen LogP contribution in [0.2, 0.25) is 0 Å². The van der Waals surface area contributed by atoms with Crippen LogP contribution < -0.4 is 20.1 Å². The second-order valence-corrected chi connectivity index (χ2v) is 5.53. The molecule has 0 bridgehead atoms. The van der Waals surface area contributed by atoms with Gasteiger partial charge in [0.1, 0.15) is 5.56 Å². The van der Waals surface area contributed by atoms with Gasteiger partial charge in [-0.05, 0) is 35.9 Å². The van der Waals surface area contributed by atoms with Crippen LogP contribution in [0.3, 0.4) is 0 Å². The van der Waals surface area contributed by atoms with Crippen LogP contribution in [0, 0.1) is 10.1 Å². The van der Waals surface area contributed by atoms with Gasteiger partial charge in [-0.15, -0.1) is 0 Å². The Morgan fingerprint density at radius 3 is 2.61 bits per heavy atom. The highest BCUT2D eigenvalue weighted by atomic mass is 19.4. The summed E-state index contributed by atoms with van der Waals surface area (Å²) in [7, 11) is 0. The lowest BCUT2D eigenvalue weighted by atomic mass is 10.1. The number of nitro groups is 1. The minimum absolute atomic E-state index is 0.123. The summed E-state index contributed by atoms with van der Waals surface area (Å²) in [5, 5.41) is 15.2. The molecule has 0 spiro atoms. The van der Waals surface area contributed by atoms with E-state index in [-0.39, 0.29) is 12.5 Å². The molecule has 2 N–H and O–H groups in total. The van der Waals surface area contributed by atoms with E-state index in [1.807, 2.05) is 0 Å². The molecule has 28 heavy (non-hydrogen) atoms. The molecular weight excluding hydrogens is 383 g/mol. The van der Waals surface area contributed by atoms with E-state index in [0.717, 1.165) is 6.07 Å². The molecule has 0 saturated heterocycles. The van der Waals surface area contributed by atoms with Gasteiger partial charge in [0.05, 0.1) is 4.92 Å². The zero-order chi connectivity index (χ0) is 20.3. The average Bonchev–Trinajstić information content (AvgIpc) is 3.08. The molecule has 0 saturated carbocycles. The molecule has 2 aromatic carbocycles. The summed E-state index contributed by atoms with van der Waals surface area (Å²) in [6.45, 7) is 0.123. The van der Waals surface area contributed by atoms with E-state index in [2.05, 4.69) is 10.6 Å². The predicted molar refractivity (Wildman–Crippen MR) is 91.9 cm³/mol. The third-order valence-electron chi connectivity index (χ3n) is 3.64. The first-order valence-electron chi connectivity index (χ1n) is 7.73.